The quantitative estimate of drug-likeness (QED) is 0.788. The molecule has 0 aliphatic carbocycles. The number of nitrogens with one attached hydrogen (secondary N) is 1. The monoisotopic (exact) mass is 332 g/mol. The fourth-order valence-corrected chi connectivity index (χ4v) is 2.42. The Morgan fingerprint density at radius 1 is 1.00 bits per heavy atom. The number of rotatable bonds is 3. The van der Waals surface area contributed by atoms with E-state index in [0.717, 1.165) is 38.4 Å². The number of methoxy groups -OCH3 is 2. The van der Waals surface area contributed by atoms with Crippen molar-refractivity contribution in [1.29, 1.82) is 0 Å². The smallest absolute Gasteiger partial charge is 0.138 e. The summed E-state index contributed by atoms with van der Waals surface area (Å²) in [7, 11) is 3.27. The van der Waals surface area contributed by atoms with Gasteiger partial charge in [0.05, 0.1) is 25.3 Å². The normalized spacial score (nSPS) is 10.8. The van der Waals surface area contributed by atoms with Crippen LogP contribution < -0.4 is 9.47 Å². The molecule has 0 spiro atoms. The number of fused-ring (bicyclic) bond motifs is 1. The molecule has 1 aromatic heterocycles. The predicted molar refractivity (Wildman–Crippen MR) is 82.3 cm³/mol. The molecule has 4 nitrogen and oxygen atoms in total. The lowest BCUT2D eigenvalue weighted by molar-refractivity contribution is 0.394. The van der Waals surface area contributed by atoms with Crippen LogP contribution in [-0.2, 0) is 0 Å². The molecule has 20 heavy (non-hydrogen) atoms. The third-order valence-corrected chi connectivity index (χ3v) is 3.56. The molecule has 1 heterocycles. The fourth-order valence-electron chi connectivity index (χ4n) is 2.06. The molecule has 0 fully saturated rings. The van der Waals surface area contributed by atoms with Crippen molar-refractivity contribution in [2.24, 2.45) is 0 Å². The van der Waals surface area contributed by atoms with E-state index in [1.54, 1.807) is 14.2 Å². The van der Waals surface area contributed by atoms with Gasteiger partial charge in [-0.1, -0.05) is 15.9 Å². The van der Waals surface area contributed by atoms with E-state index in [0.29, 0.717) is 0 Å². The number of aromatic amines is 1. The van der Waals surface area contributed by atoms with E-state index in [1.165, 1.54) is 0 Å². The van der Waals surface area contributed by atoms with Gasteiger partial charge in [-0.25, -0.2) is 4.98 Å². The van der Waals surface area contributed by atoms with E-state index in [2.05, 4.69) is 25.9 Å². The average Bonchev–Trinajstić information content (AvgIpc) is 2.89. The molecule has 5 heteroatoms. The molecule has 0 saturated heterocycles. The third-order valence-electron chi connectivity index (χ3n) is 3.07. The van der Waals surface area contributed by atoms with Gasteiger partial charge in [-0.15, -0.1) is 0 Å². The van der Waals surface area contributed by atoms with E-state index < -0.39 is 0 Å². The van der Waals surface area contributed by atoms with Crippen molar-refractivity contribution in [3.8, 4) is 22.9 Å². The van der Waals surface area contributed by atoms with E-state index in [-0.39, 0.29) is 0 Å². The molecule has 1 N–H and O–H groups in total. The van der Waals surface area contributed by atoms with Crippen LogP contribution in [-0.4, -0.2) is 24.2 Å². The second-order valence-corrected chi connectivity index (χ2v) is 5.26. The Morgan fingerprint density at radius 3 is 2.35 bits per heavy atom. The Morgan fingerprint density at radius 2 is 1.70 bits per heavy atom. The molecular weight excluding hydrogens is 320 g/mol. The zero-order valence-corrected chi connectivity index (χ0v) is 12.7. The fraction of sp³-hybridized carbons (Fsp3) is 0.133. The molecule has 0 bridgehead atoms. The summed E-state index contributed by atoms with van der Waals surface area (Å²) in [6.07, 6.45) is 0. The maximum atomic E-state index is 5.28. The van der Waals surface area contributed by atoms with Gasteiger partial charge in [0.1, 0.15) is 17.3 Å². The van der Waals surface area contributed by atoms with Gasteiger partial charge in [0, 0.05) is 16.1 Å². The number of H-pyrrole nitrogens is 1. The van der Waals surface area contributed by atoms with Crippen LogP contribution in [0, 0.1) is 0 Å². The highest BCUT2D eigenvalue weighted by Crippen LogP contribution is 2.29. The number of aromatic nitrogens is 2. The minimum atomic E-state index is 0.737. The summed E-state index contributed by atoms with van der Waals surface area (Å²) in [6.45, 7) is 0. The van der Waals surface area contributed by atoms with Crippen molar-refractivity contribution < 1.29 is 9.47 Å². The number of hydrogen-bond donors (Lipinski definition) is 1. The Kier molecular flexibility index (Phi) is 3.36. The number of benzene rings is 2. The Bertz CT molecular complexity index is 745. The predicted octanol–water partition coefficient (Wildman–Crippen LogP) is 4.01. The van der Waals surface area contributed by atoms with Crippen molar-refractivity contribution in [2.45, 2.75) is 0 Å². The van der Waals surface area contributed by atoms with Gasteiger partial charge >= 0.3 is 0 Å². The summed E-state index contributed by atoms with van der Waals surface area (Å²) in [6, 6.07) is 11.6. The van der Waals surface area contributed by atoms with Crippen LogP contribution in [0.4, 0.5) is 0 Å². The summed E-state index contributed by atoms with van der Waals surface area (Å²) in [4.78, 5) is 7.89. The number of imidazole rings is 1. The van der Waals surface area contributed by atoms with Crippen molar-refractivity contribution in [1.82, 2.24) is 9.97 Å². The van der Waals surface area contributed by atoms with Gasteiger partial charge in [-0.05, 0) is 30.3 Å². The van der Waals surface area contributed by atoms with Gasteiger partial charge < -0.3 is 14.5 Å². The van der Waals surface area contributed by atoms with E-state index in [9.17, 15) is 0 Å². The first-order valence-corrected chi connectivity index (χ1v) is 6.87. The Labute approximate surface area is 124 Å². The van der Waals surface area contributed by atoms with Crippen molar-refractivity contribution in [3.05, 3.63) is 40.9 Å². The second kappa shape index (κ2) is 5.17. The second-order valence-electron chi connectivity index (χ2n) is 4.35. The van der Waals surface area contributed by atoms with Gasteiger partial charge in [0.2, 0.25) is 0 Å². The molecule has 2 aromatic carbocycles. The molecular formula is C15H13BrN2O2. The zero-order valence-electron chi connectivity index (χ0n) is 11.1. The van der Waals surface area contributed by atoms with Crippen LogP contribution in [0.2, 0.25) is 0 Å². The van der Waals surface area contributed by atoms with Crippen LogP contribution in [0.3, 0.4) is 0 Å². The molecule has 0 unspecified atom stereocenters. The Hall–Kier alpha value is -2.01. The molecule has 0 radical (unpaired) electrons. The molecule has 102 valence electrons. The van der Waals surface area contributed by atoms with Crippen molar-refractivity contribution in [2.75, 3.05) is 14.2 Å². The maximum Gasteiger partial charge on any atom is 0.138 e. The summed E-state index contributed by atoms with van der Waals surface area (Å²) in [5.74, 6) is 2.26. The average molecular weight is 333 g/mol. The first-order valence-electron chi connectivity index (χ1n) is 6.08. The molecule has 0 aliphatic heterocycles. The minimum Gasteiger partial charge on any atom is -0.497 e. The first kappa shape index (κ1) is 13.0. The molecule has 0 amide bonds. The first-order chi connectivity index (χ1) is 9.69. The third kappa shape index (κ3) is 2.36. The Balaban J connectivity index is 2.14. The minimum absolute atomic E-state index is 0.737. The lowest BCUT2D eigenvalue weighted by Gasteiger charge is -2.06. The highest BCUT2D eigenvalue weighted by atomic mass is 79.9. The van der Waals surface area contributed by atoms with Crippen LogP contribution in [0.1, 0.15) is 0 Å². The van der Waals surface area contributed by atoms with Gasteiger partial charge in [0.15, 0.2) is 0 Å². The van der Waals surface area contributed by atoms with Gasteiger partial charge in [-0.3, -0.25) is 0 Å². The van der Waals surface area contributed by atoms with Gasteiger partial charge in [0.25, 0.3) is 0 Å². The maximum absolute atomic E-state index is 5.28. The molecule has 0 atom stereocenters. The lowest BCUT2D eigenvalue weighted by Crippen LogP contribution is -1.89. The molecule has 3 rings (SSSR count). The zero-order chi connectivity index (χ0) is 14.1. The van der Waals surface area contributed by atoms with Crippen LogP contribution in [0.15, 0.2) is 40.9 Å². The van der Waals surface area contributed by atoms with E-state index in [1.807, 2.05) is 36.4 Å². The summed E-state index contributed by atoms with van der Waals surface area (Å²) >= 11 is 3.46. The largest absolute Gasteiger partial charge is 0.497 e. The van der Waals surface area contributed by atoms with Gasteiger partial charge in [-0.2, -0.15) is 0 Å². The number of hydrogen-bond acceptors (Lipinski definition) is 3. The standard InChI is InChI=1S/C15H13BrN2O2/c1-19-11-5-9(6-12(8-11)20-2)15-17-13-4-3-10(16)7-14(13)18-15/h3-8H,1-2H3,(H,17,18). The molecule has 3 aromatic rings. The van der Waals surface area contributed by atoms with Crippen LogP contribution in [0.25, 0.3) is 22.4 Å². The number of ether oxygens (including phenoxy) is 2. The summed E-state index contributed by atoms with van der Waals surface area (Å²) < 4.78 is 11.6. The summed E-state index contributed by atoms with van der Waals surface area (Å²) in [5.41, 5.74) is 2.83. The number of halogens is 1. The van der Waals surface area contributed by atoms with Crippen molar-refractivity contribution >= 4 is 27.0 Å². The lowest BCUT2D eigenvalue weighted by atomic mass is 10.2. The number of nitrogens with zero attached hydrogens (tertiary/aromatic N) is 1. The van der Waals surface area contributed by atoms with Crippen molar-refractivity contribution in [3.63, 3.8) is 0 Å². The van der Waals surface area contributed by atoms with Crippen LogP contribution >= 0.6 is 15.9 Å². The SMILES string of the molecule is COc1cc(OC)cc(-c2nc3ccc(Br)cc3[nH]2)c1. The van der Waals surface area contributed by atoms with Crippen LogP contribution in [0.5, 0.6) is 11.5 Å². The highest BCUT2D eigenvalue weighted by molar-refractivity contribution is 9.10. The van der Waals surface area contributed by atoms with E-state index in [4.69, 9.17) is 9.47 Å². The molecule has 0 saturated carbocycles. The summed E-state index contributed by atoms with van der Waals surface area (Å²) in [5, 5.41) is 0. The highest BCUT2D eigenvalue weighted by Gasteiger charge is 2.09. The molecule has 0 aliphatic rings. The van der Waals surface area contributed by atoms with E-state index >= 15 is 0 Å². The topological polar surface area (TPSA) is 47.1 Å².